The van der Waals surface area contributed by atoms with Crippen molar-refractivity contribution < 1.29 is 9.13 Å². The number of nitrogens with zero attached hydrogens (tertiary/aromatic N) is 1. The van der Waals surface area contributed by atoms with E-state index in [-0.39, 0.29) is 12.1 Å². The molecule has 0 bridgehead atoms. The molecule has 0 amide bonds. The van der Waals surface area contributed by atoms with Crippen LogP contribution in [0.1, 0.15) is 5.56 Å². The predicted octanol–water partition coefficient (Wildman–Crippen LogP) is 1.10. The van der Waals surface area contributed by atoms with E-state index in [1.165, 1.54) is 12.1 Å². The van der Waals surface area contributed by atoms with Crippen molar-refractivity contribution in [1.29, 1.82) is 5.26 Å². The molecule has 0 spiro atoms. The van der Waals surface area contributed by atoms with Gasteiger partial charge in [-0.1, -0.05) is 0 Å². The van der Waals surface area contributed by atoms with Crippen LogP contribution in [0.15, 0.2) is 18.2 Å². The summed E-state index contributed by atoms with van der Waals surface area (Å²) in [5.74, 6) is -0.411. The van der Waals surface area contributed by atoms with Crippen molar-refractivity contribution in [1.82, 2.24) is 5.32 Å². The monoisotopic (exact) mass is 235 g/mol. The van der Waals surface area contributed by atoms with Gasteiger partial charge < -0.3 is 15.4 Å². The van der Waals surface area contributed by atoms with Crippen LogP contribution in [0.3, 0.4) is 0 Å². The van der Waals surface area contributed by atoms with Gasteiger partial charge in [-0.15, -0.1) is 0 Å². The van der Waals surface area contributed by atoms with Gasteiger partial charge in [0.25, 0.3) is 0 Å². The maximum Gasteiger partial charge on any atom is 0.126 e. The Morgan fingerprint density at radius 3 is 3.00 bits per heavy atom. The smallest absolute Gasteiger partial charge is 0.126 e. The SMILES string of the molecule is CO[C@H]1CNCC1Nc1cc(F)cc(C#N)c1. The molecule has 5 heteroatoms. The summed E-state index contributed by atoms with van der Waals surface area (Å²) in [5.41, 5.74) is 0.921. The highest BCUT2D eigenvalue weighted by Gasteiger charge is 2.26. The van der Waals surface area contributed by atoms with E-state index in [4.69, 9.17) is 10.00 Å². The molecule has 2 atom stereocenters. The van der Waals surface area contributed by atoms with E-state index in [0.717, 1.165) is 13.1 Å². The van der Waals surface area contributed by atoms with Crippen molar-refractivity contribution in [3.63, 3.8) is 0 Å². The molecule has 2 rings (SSSR count). The summed E-state index contributed by atoms with van der Waals surface area (Å²) in [6.45, 7) is 1.53. The first kappa shape index (κ1) is 11.8. The Hall–Kier alpha value is -1.64. The Balaban J connectivity index is 2.13. The molecule has 1 fully saturated rings. The van der Waals surface area contributed by atoms with Crippen LogP contribution in [0.25, 0.3) is 0 Å². The lowest BCUT2D eigenvalue weighted by atomic mass is 10.1. The lowest BCUT2D eigenvalue weighted by Crippen LogP contribution is -2.33. The predicted molar refractivity (Wildman–Crippen MR) is 62.2 cm³/mol. The molecule has 0 aromatic heterocycles. The quantitative estimate of drug-likeness (QED) is 0.823. The zero-order valence-electron chi connectivity index (χ0n) is 9.53. The van der Waals surface area contributed by atoms with E-state index in [1.807, 2.05) is 6.07 Å². The third-order valence-electron chi connectivity index (χ3n) is 2.84. The molecule has 0 aliphatic carbocycles. The van der Waals surface area contributed by atoms with Gasteiger partial charge in [0.1, 0.15) is 5.82 Å². The number of methoxy groups -OCH3 is 1. The fraction of sp³-hybridized carbons (Fsp3) is 0.417. The van der Waals surface area contributed by atoms with Crippen molar-refractivity contribution in [2.45, 2.75) is 12.1 Å². The minimum atomic E-state index is -0.411. The van der Waals surface area contributed by atoms with Crippen LogP contribution in [0.5, 0.6) is 0 Å². The summed E-state index contributed by atoms with van der Waals surface area (Å²) in [6, 6.07) is 6.25. The lowest BCUT2D eigenvalue weighted by Gasteiger charge is -2.19. The molecule has 1 aliphatic heterocycles. The highest BCUT2D eigenvalue weighted by molar-refractivity contribution is 5.50. The number of anilines is 1. The standard InChI is InChI=1S/C12H14FN3O/c1-17-12-7-15-6-11(12)16-10-3-8(5-14)2-9(13)4-10/h2-4,11-12,15-16H,6-7H2,1H3/t11?,12-/m0/s1. The number of nitriles is 1. The van der Waals surface area contributed by atoms with Crippen LogP contribution >= 0.6 is 0 Å². The second-order valence-electron chi connectivity index (χ2n) is 4.02. The van der Waals surface area contributed by atoms with Gasteiger partial charge in [0.05, 0.1) is 23.8 Å². The summed E-state index contributed by atoms with van der Waals surface area (Å²) >= 11 is 0. The first-order chi connectivity index (χ1) is 8.22. The topological polar surface area (TPSA) is 57.1 Å². The molecular weight excluding hydrogens is 221 g/mol. The van der Waals surface area contributed by atoms with E-state index in [1.54, 1.807) is 13.2 Å². The van der Waals surface area contributed by atoms with E-state index in [2.05, 4.69) is 10.6 Å². The fourth-order valence-electron chi connectivity index (χ4n) is 2.00. The number of halogens is 1. The largest absolute Gasteiger partial charge is 0.378 e. The normalized spacial score (nSPS) is 23.4. The van der Waals surface area contributed by atoms with Crippen LogP contribution < -0.4 is 10.6 Å². The van der Waals surface area contributed by atoms with E-state index >= 15 is 0 Å². The molecular formula is C12H14FN3O. The maximum absolute atomic E-state index is 13.2. The molecule has 1 heterocycles. The van der Waals surface area contributed by atoms with Crippen LogP contribution in [-0.2, 0) is 4.74 Å². The van der Waals surface area contributed by atoms with Crippen molar-refractivity contribution in [3.05, 3.63) is 29.6 Å². The average Bonchev–Trinajstić information content (AvgIpc) is 2.75. The van der Waals surface area contributed by atoms with Gasteiger partial charge in [-0.3, -0.25) is 0 Å². The third kappa shape index (κ3) is 2.73. The fourth-order valence-corrected chi connectivity index (χ4v) is 2.00. The van der Waals surface area contributed by atoms with Crippen molar-refractivity contribution in [2.24, 2.45) is 0 Å². The van der Waals surface area contributed by atoms with Crippen molar-refractivity contribution in [2.75, 3.05) is 25.5 Å². The van der Waals surface area contributed by atoms with Crippen LogP contribution in [0.2, 0.25) is 0 Å². The summed E-state index contributed by atoms with van der Waals surface area (Å²) in [6.07, 6.45) is 0.0591. The van der Waals surface area contributed by atoms with Gasteiger partial charge in [-0.2, -0.15) is 5.26 Å². The van der Waals surface area contributed by atoms with Crippen molar-refractivity contribution in [3.8, 4) is 6.07 Å². The summed E-state index contributed by atoms with van der Waals surface area (Å²) < 4.78 is 18.5. The highest BCUT2D eigenvalue weighted by atomic mass is 19.1. The Bertz CT molecular complexity index is 444. The van der Waals surface area contributed by atoms with Gasteiger partial charge in [-0.25, -0.2) is 4.39 Å². The van der Waals surface area contributed by atoms with Crippen LogP contribution in [0.4, 0.5) is 10.1 Å². The molecule has 1 aliphatic rings. The molecule has 1 aromatic rings. The van der Waals surface area contributed by atoms with E-state index in [0.29, 0.717) is 11.3 Å². The minimum Gasteiger partial charge on any atom is -0.378 e. The van der Waals surface area contributed by atoms with E-state index < -0.39 is 5.82 Å². The molecule has 0 radical (unpaired) electrons. The minimum absolute atomic E-state index is 0.0591. The number of hydrogen-bond acceptors (Lipinski definition) is 4. The summed E-state index contributed by atoms with van der Waals surface area (Å²) in [4.78, 5) is 0. The van der Waals surface area contributed by atoms with Gasteiger partial charge in [-0.05, 0) is 18.2 Å². The first-order valence-corrected chi connectivity index (χ1v) is 5.43. The molecule has 0 saturated carbocycles. The van der Waals surface area contributed by atoms with Gasteiger partial charge >= 0.3 is 0 Å². The number of ether oxygens (including phenoxy) is 1. The maximum atomic E-state index is 13.2. The summed E-state index contributed by atoms with van der Waals surface area (Å²) in [5, 5.41) is 15.1. The van der Waals surface area contributed by atoms with Crippen molar-refractivity contribution >= 4 is 5.69 Å². The third-order valence-corrected chi connectivity index (χ3v) is 2.84. The second kappa shape index (κ2) is 5.13. The van der Waals surface area contributed by atoms with Crippen LogP contribution in [-0.4, -0.2) is 32.3 Å². The van der Waals surface area contributed by atoms with Gasteiger partial charge in [0, 0.05) is 25.9 Å². The Morgan fingerprint density at radius 2 is 2.29 bits per heavy atom. The Kier molecular flexibility index (Phi) is 3.57. The molecule has 4 nitrogen and oxygen atoms in total. The highest BCUT2D eigenvalue weighted by Crippen LogP contribution is 2.17. The number of benzene rings is 1. The van der Waals surface area contributed by atoms with Gasteiger partial charge in [0.15, 0.2) is 0 Å². The Morgan fingerprint density at radius 1 is 1.47 bits per heavy atom. The number of rotatable bonds is 3. The molecule has 17 heavy (non-hydrogen) atoms. The molecule has 1 saturated heterocycles. The zero-order valence-corrected chi connectivity index (χ0v) is 9.53. The van der Waals surface area contributed by atoms with E-state index in [9.17, 15) is 4.39 Å². The van der Waals surface area contributed by atoms with Crippen LogP contribution in [0, 0.1) is 17.1 Å². The molecule has 90 valence electrons. The first-order valence-electron chi connectivity index (χ1n) is 5.43. The average molecular weight is 235 g/mol. The second-order valence-corrected chi connectivity index (χ2v) is 4.02. The molecule has 1 unspecified atom stereocenters. The number of hydrogen-bond donors (Lipinski definition) is 2. The van der Waals surface area contributed by atoms with Gasteiger partial charge in [0.2, 0.25) is 0 Å². The lowest BCUT2D eigenvalue weighted by molar-refractivity contribution is 0.111. The number of nitrogens with one attached hydrogen (secondary N) is 2. The zero-order chi connectivity index (χ0) is 12.3. The molecule has 2 N–H and O–H groups in total. The Labute approximate surface area is 99.4 Å². The molecule has 1 aromatic carbocycles. The summed E-state index contributed by atoms with van der Waals surface area (Å²) in [7, 11) is 1.65.